The SMILES string of the molecule is CCCCCC/C=C/CCCCCCCCCCC/C=C/c1ccco1. The maximum Gasteiger partial charge on any atom is 0.126 e. The van der Waals surface area contributed by atoms with E-state index in [0.717, 1.165) is 5.76 Å². The van der Waals surface area contributed by atoms with Crippen molar-refractivity contribution in [3.05, 3.63) is 42.4 Å². The molecule has 0 fully saturated rings. The third kappa shape index (κ3) is 15.0. The Morgan fingerprint density at radius 2 is 1.15 bits per heavy atom. The smallest absolute Gasteiger partial charge is 0.126 e. The van der Waals surface area contributed by atoms with Crippen LogP contribution in [0.3, 0.4) is 0 Å². The zero-order chi connectivity index (χ0) is 18.5. The van der Waals surface area contributed by atoms with Gasteiger partial charge in [0, 0.05) is 0 Å². The second-order valence-electron chi connectivity index (χ2n) is 7.50. The summed E-state index contributed by atoms with van der Waals surface area (Å²) < 4.78 is 5.28. The molecule has 26 heavy (non-hydrogen) atoms. The second-order valence-corrected chi connectivity index (χ2v) is 7.50. The maximum absolute atomic E-state index is 5.28. The highest BCUT2D eigenvalue weighted by atomic mass is 16.3. The fourth-order valence-electron chi connectivity index (χ4n) is 3.27. The van der Waals surface area contributed by atoms with Gasteiger partial charge in [0.2, 0.25) is 0 Å². The normalized spacial score (nSPS) is 11.9. The van der Waals surface area contributed by atoms with Crippen LogP contribution in [0, 0.1) is 0 Å². The number of hydrogen-bond acceptors (Lipinski definition) is 1. The van der Waals surface area contributed by atoms with Crippen LogP contribution in [0.15, 0.2) is 41.0 Å². The largest absolute Gasteiger partial charge is 0.465 e. The Hall–Kier alpha value is -1.24. The molecule has 0 saturated carbocycles. The van der Waals surface area contributed by atoms with Crippen LogP contribution in [-0.2, 0) is 0 Å². The van der Waals surface area contributed by atoms with E-state index in [9.17, 15) is 0 Å². The Kier molecular flexibility index (Phi) is 16.3. The summed E-state index contributed by atoms with van der Waals surface area (Å²) in [5.74, 6) is 0.965. The van der Waals surface area contributed by atoms with Crippen molar-refractivity contribution in [2.45, 2.75) is 110 Å². The zero-order valence-corrected chi connectivity index (χ0v) is 17.3. The minimum atomic E-state index is 0.965. The lowest BCUT2D eigenvalue weighted by Crippen LogP contribution is -1.81. The molecule has 0 spiro atoms. The summed E-state index contributed by atoms with van der Waals surface area (Å²) in [7, 11) is 0. The predicted molar refractivity (Wildman–Crippen MR) is 116 cm³/mol. The summed E-state index contributed by atoms with van der Waals surface area (Å²) in [5, 5.41) is 0. The van der Waals surface area contributed by atoms with Crippen molar-refractivity contribution in [1.82, 2.24) is 0 Å². The molecule has 0 aliphatic carbocycles. The van der Waals surface area contributed by atoms with Gasteiger partial charge in [-0.25, -0.2) is 0 Å². The van der Waals surface area contributed by atoms with Gasteiger partial charge in [0.15, 0.2) is 0 Å². The number of unbranched alkanes of at least 4 members (excludes halogenated alkanes) is 14. The molecule has 148 valence electrons. The van der Waals surface area contributed by atoms with Crippen molar-refractivity contribution in [3.8, 4) is 0 Å². The van der Waals surface area contributed by atoms with Crippen LogP contribution in [-0.4, -0.2) is 0 Å². The van der Waals surface area contributed by atoms with Gasteiger partial charge in [0.25, 0.3) is 0 Å². The molecule has 1 rings (SSSR count). The number of hydrogen-bond donors (Lipinski definition) is 0. The molecule has 1 aromatic heterocycles. The highest BCUT2D eigenvalue weighted by Crippen LogP contribution is 2.12. The third-order valence-electron chi connectivity index (χ3n) is 4.96. The average molecular weight is 359 g/mol. The lowest BCUT2D eigenvalue weighted by atomic mass is 10.1. The van der Waals surface area contributed by atoms with Crippen LogP contribution in [0.1, 0.15) is 115 Å². The summed E-state index contributed by atoms with van der Waals surface area (Å²) in [6.45, 7) is 2.28. The summed E-state index contributed by atoms with van der Waals surface area (Å²) in [5.41, 5.74) is 0. The highest BCUT2D eigenvalue weighted by molar-refractivity contribution is 5.41. The lowest BCUT2D eigenvalue weighted by Gasteiger charge is -2.01. The van der Waals surface area contributed by atoms with Crippen molar-refractivity contribution in [1.29, 1.82) is 0 Å². The molecule has 1 aromatic rings. The van der Waals surface area contributed by atoms with Gasteiger partial charge in [-0.05, 0) is 56.7 Å². The van der Waals surface area contributed by atoms with Gasteiger partial charge in [-0.2, -0.15) is 0 Å². The van der Waals surface area contributed by atoms with E-state index in [2.05, 4.69) is 31.2 Å². The first-order valence-corrected chi connectivity index (χ1v) is 11.3. The summed E-state index contributed by atoms with van der Waals surface area (Å²) >= 11 is 0. The number of furan rings is 1. The maximum atomic E-state index is 5.28. The van der Waals surface area contributed by atoms with Gasteiger partial charge in [-0.15, -0.1) is 0 Å². The van der Waals surface area contributed by atoms with E-state index in [0.29, 0.717) is 0 Å². The monoisotopic (exact) mass is 358 g/mol. The Morgan fingerprint density at radius 3 is 1.65 bits per heavy atom. The topological polar surface area (TPSA) is 13.1 Å². The van der Waals surface area contributed by atoms with Crippen molar-refractivity contribution < 1.29 is 4.42 Å². The Bertz CT molecular complexity index is 427. The molecule has 1 heterocycles. The molecule has 0 aliphatic heterocycles. The number of allylic oxidation sites excluding steroid dienone is 3. The second kappa shape index (κ2) is 18.5. The molecule has 0 amide bonds. The minimum absolute atomic E-state index is 0.965. The molecule has 0 N–H and O–H groups in total. The van der Waals surface area contributed by atoms with Crippen LogP contribution in [0.25, 0.3) is 6.08 Å². The molecule has 0 unspecified atom stereocenters. The van der Waals surface area contributed by atoms with E-state index in [-0.39, 0.29) is 0 Å². The summed E-state index contributed by atoms with van der Waals surface area (Å²) in [6.07, 6.45) is 32.7. The fourth-order valence-corrected chi connectivity index (χ4v) is 3.27. The Labute approximate surface area is 163 Å². The van der Waals surface area contributed by atoms with Gasteiger partial charge in [-0.3, -0.25) is 0 Å². The van der Waals surface area contributed by atoms with E-state index in [1.165, 1.54) is 103 Å². The minimum Gasteiger partial charge on any atom is -0.465 e. The third-order valence-corrected chi connectivity index (χ3v) is 4.96. The van der Waals surface area contributed by atoms with Gasteiger partial charge >= 0.3 is 0 Å². The Morgan fingerprint density at radius 1 is 0.654 bits per heavy atom. The molecular formula is C25H42O. The molecule has 0 radical (unpaired) electrons. The molecule has 0 bridgehead atoms. The molecule has 0 atom stereocenters. The molecule has 0 aromatic carbocycles. The Balaban J connectivity index is 1.72. The van der Waals surface area contributed by atoms with Crippen molar-refractivity contribution >= 4 is 6.08 Å². The van der Waals surface area contributed by atoms with Crippen LogP contribution in [0.2, 0.25) is 0 Å². The zero-order valence-electron chi connectivity index (χ0n) is 17.3. The van der Waals surface area contributed by atoms with Gasteiger partial charge in [0.1, 0.15) is 5.76 Å². The van der Waals surface area contributed by atoms with E-state index in [1.54, 1.807) is 6.26 Å². The van der Waals surface area contributed by atoms with Crippen LogP contribution in [0.5, 0.6) is 0 Å². The molecular weight excluding hydrogens is 316 g/mol. The van der Waals surface area contributed by atoms with Crippen molar-refractivity contribution in [3.63, 3.8) is 0 Å². The first-order valence-electron chi connectivity index (χ1n) is 11.3. The average Bonchev–Trinajstić information content (AvgIpc) is 3.17. The summed E-state index contributed by atoms with van der Waals surface area (Å²) in [6, 6.07) is 3.94. The first-order chi connectivity index (χ1) is 12.9. The van der Waals surface area contributed by atoms with E-state index in [1.807, 2.05) is 12.1 Å². The van der Waals surface area contributed by atoms with Gasteiger partial charge in [0.05, 0.1) is 6.26 Å². The van der Waals surface area contributed by atoms with Crippen molar-refractivity contribution in [2.75, 3.05) is 0 Å². The van der Waals surface area contributed by atoms with E-state index >= 15 is 0 Å². The standard InChI is InChI=1S/C25H42O/c1-2-3-4-5-6-7-8-9-10-11-12-13-14-15-16-17-18-19-20-22-25-23-21-24-26-25/h7-8,20-24H,2-6,9-19H2,1H3/b8-7+,22-20+. The fraction of sp³-hybridized carbons (Fsp3) is 0.680. The summed E-state index contributed by atoms with van der Waals surface area (Å²) in [4.78, 5) is 0. The molecule has 1 heteroatoms. The molecule has 1 nitrogen and oxygen atoms in total. The van der Waals surface area contributed by atoms with Gasteiger partial charge < -0.3 is 4.42 Å². The van der Waals surface area contributed by atoms with Crippen LogP contribution >= 0.6 is 0 Å². The van der Waals surface area contributed by atoms with Crippen LogP contribution < -0.4 is 0 Å². The van der Waals surface area contributed by atoms with Crippen LogP contribution in [0.4, 0.5) is 0 Å². The molecule has 0 saturated heterocycles. The van der Waals surface area contributed by atoms with Gasteiger partial charge in [-0.1, -0.05) is 89.4 Å². The molecule has 0 aliphatic rings. The quantitative estimate of drug-likeness (QED) is 0.188. The first kappa shape index (κ1) is 22.8. The number of rotatable bonds is 18. The van der Waals surface area contributed by atoms with Crippen molar-refractivity contribution in [2.24, 2.45) is 0 Å². The lowest BCUT2D eigenvalue weighted by molar-refractivity contribution is 0.555. The highest BCUT2D eigenvalue weighted by Gasteiger charge is 1.93. The van der Waals surface area contributed by atoms with E-state index in [4.69, 9.17) is 4.42 Å². The predicted octanol–water partition coefficient (Wildman–Crippen LogP) is 9.11. The van der Waals surface area contributed by atoms with E-state index < -0.39 is 0 Å².